The van der Waals surface area contributed by atoms with E-state index in [0.717, 1.165) is 0 Å². The second kappa shape index (κ2) is 5.72. The van der Waals surface area contributed by atoms with Gasteiger partial charge < -0.3 is 9.76 Å². The monoisotopic (exact) mass is 278 g/mol. The maximum Gasteiger partial charge on any atom is 0.330 e. The number of benzene rings is 1. The number of aliphatic hydroxyl groups is 1. The Morgan fingerprint density at radius 1 is 1.35 bits per heavy atom. The first kappa shape index (κ1) is 16.3. The third kappa shape index (κ3) is 3.65. The van der Waals surface area contributed by atoms with Crippen molar-refractivity contribution in [3.8, 4) is 0 Å². The highest BCUT2D eigenvalue weighted by Crippen LogP contribution is 2.24. The first-order valence-corrected chi connectivity index (χ1v) is 6.05. The second-order valence-corrected chi connectivity index (χ2v) is 5.50. The van der Waals surface area contributed by atoms with Crippen LogP contribution in [0.5, 0.6) is 0 Å². The number of nitro benzene ring substituents is 1. The lowest BCUT2D eigenvalue weighted by Gasteiger charge is -2.37. The van der Waals surface area contributed by atoms with Crippen LogP contribution in [-0.2, 0) is 4.65 Å². The van der Waals surface area contributed by atoms with Crippen molar-refractivity contribution in [3.63, 3.8) is 0 Å². The van der Waals surface area contributed by atoms with E-state index >= 15 is 0 Å². The zero-order valence-corrected chi connectivity index (χ0v) is 11.9. The van der Waals surface area contributed by atoms with E-state index in [4.69, 9.17) is 4.65 Å². The summed E-state index contributed by atoms with van der Waals surface area (Å²) in [6, 6.07) is 4.09. The summed E-state index contributed by atoms with van der Waals surface area (Å²) in [4.78, 5) is 20.9. The van der Waals surface area contributed by atoms with Crippen LogP contribution in [0.1, 0.15) is 38.1 Å². The summed E-state index contributed by atoms with van der Waals surface area (Å²) in [5.41, 5.74) is -1.68. The molecule has 1 aromatic carbocycles. The average Bonchev–Trinajstić information content (AvgIpc) is 2.34. The van der Waals surface area contributed by atoms with E-state index in [1.165, 1.54) is 25.7 Å². The molecule has 0 atom stereocenters. The van der Waals surface area contributed by atoms with Crippen molar-refractivity contribution in [3.05, 3.63) is 33.9 Å². The summed E-state index contributed by atoms with van der Waals surface area (Å²) in [6.07, 6.45) is 0.427. The first-order valence-electron chi connectivity index (χ1n) is 6.05. The normalized spacial score (nSPS) is 12.1. The van der Waals surface area contributed by atoms with Gasteiger partial charge in [0.15, 0.2) is 6.29 Å². The number of hydrogen-bond acceptors (Lipinski definition) is 5. The highest BCUT2D eigenvalue weighted by molar-refractivity contribution is 6.47. The fourth-order valence-corrected chi connectivity index (χ4v) is 1.27. The standard InChI is InChI=1S/C13H17BNO5/c1-12(2,17)13(3,4)20-14-10-5-6-11(15(18)19)9(7-10)8-16/h5-8,17H,1-4H3. The van der Waals surface area contributed by atoms with E-state index in [1.54, 1.807) is 27.7 Å². The minimum absolute atomic E-state index is 0.0200. The van der Waals surface area contributed by atoms with Gasteiger partial charge in [-0.15, -0.1) is 0 Å². The van der Waals surface area contributed by atoms with Crippen LogP contribution in [-0.4, -0.2) is 35.0 Å². The molecule has 107 valence electrons. The van der Waals surface area contributed by atoms with E-state index in [9.17, 15) is 20.0 Å². The van der Waals surface area contributed by atoms with E-state index in [0.29, 0.717) is 11.7 Å². The number of rotatable bonds is 6. The summed E-state index contributed by atoms with van der Waals surface area (Å²) < 4.78 is 5.52. The van der Waals surface area contributed by atoms with Crippen LogP contribution in [0.2, 0.25) is 0 Å². The van der Waals surface area contributed by atoms with Gasteiger partial charge in [-0.05, 0) is 33.8 Å². The molecule has 0 unspecified atom stereocenters. The van der Waals surface area contributed by atoms with Crippen molar-refractivity contribution in [1.82, 2.24) is 0 Å². The molecule has 0 saturated heterocycles. The van der Waals surface area contributed by atoms with Crippen LogP contribution in [0.15, 0.2) is 18.2 Å². The number of nitrogens with zero attached hydrogens (tertiary/aromatic N) is 1. The quantitative estimate of drug-likeness (QED) is 0.365. The molecular weight excluding hydrogens is 261 g/mol. The van der Waals surface area contributed by atoms with E-state index < -0.39 is 16.1 Å². The number of aldehydes is 1. The van der Waals surface area contributed by atoms with Gasteiger partial charge in [-0.3, -0.25) is 14.9 Å². The average molecular weight is 278 g/mol. The number of hydrogen-bond donors (Lipinski definition) is 1. The van der Waals surface area contributed by atoms with Crippen molar-refractivity contribution in [2.24, 2.45) is 0 Å². The fourth-order valence-electron chi connectivity index (χ4n) is 1.27. The molecule has 0 heterocycles. The highest BCUT2D eigenvalue weighted by atomic mass is 16.6. The lowest BCUT2D eigenvalue weighted by molar-refractivity contribution is -0.385. The number of carbonyl (C=O) groups is 1. The van der Waals surface area contributed by atoms with Gasteiger partial charge in [-0.1, -0.05) is 11.5 Å². The van der Waals surface area contributed by atoms with E-state index in [2.05, 4.69) is 0 Å². The molecule has 0 spiro atoms. The molecule has 0 amide bonds. The molecule has 1 aromatic rings. The molecule has 1 N–H and O–H groups in total. The van der Waals surface area contributed by atoms with Gasteiger partial charge in [0.2, 0.25) is 0 Å². The van der Waals surface area contributed by atoms with Gasteiger partial charge in [-0.25, -0.2) is 0 Å². The molecular formula is C13H17BNO5. The molecule has 1 rings (SSSR count). The Bertz CT molecular complexity index is 522. The van der Waals surface area contributed by atoms with Crippen LogP contribution in [0, 0.1) is 10.1 Å². The Morgan fingerprint density at radius 2 is 1.95 bits per heavy atom. The molecule has 20 heavy (non-hydrogen) atoms. The van der Waals surface area contributed by atoms with Crippen molar-refractivity contribution >= 4 is 24.9 Å². The highest BCUT2D eigenvalue weighted by Gasteiger charge is 2.35. The molecule has 0 fully saturated rings. The lowest BCUT2D eigenvalue weighted by atomic mass is 9.82. The van der Waals surface area contributed by atoms with Crippen molar-refractivity contribution in [2.75, 3.05) is 0 Å². The minimum Gasteiger partial charge on any atom is -0.427 e. The van der Waals surface area contributed by atoms with Gasteiger partial charge in [0.25, 0.3) is 5.69 Å². The molecule has 7 heteroatoms. The molecule has 0 saturated carbocycles. The van der Waals surface area contributed by atoms with Gasteiger partial charge in [0, 0.05) is 6.07 Å². The predicted molar refractivity (Wildman–Crippen MR) is 75.3 cm³/mol. The Balaban J connectivity index is 2.90. The fraction of sp³-hybridized carbons (Fsp3) is 0.462. The third-order valence-corrected chi connectivity index (χ3v) is 3.34. The molecule has 1 radical (unpaired) electrons. The van der Waals surface area contributed by atoms with E-state index in [-0.39, 0.29) is 11.3 Å². The Kier molecular flexibility index (Phi) is 4.67. The molecule has 0 aliphatic heterocycles. The van der Waals surface area contributed by atoms with Crippen molar-refractivity contribution < 1.29 is 19.5 Å². The molecule has 0 aromatic heterocycles. The van der Waals surface area contributed by atoms with Gasteiger partial charge >= 0.3 is 7.48 Å². The number of nitro groups is 1. The summed E-state index contributed by atoms with van der Waals surface area (Å²) in [5.74, 6) is 0. The molecule has 6 nitrogen and oxygen atoms in total. The summed E-state index contributed by atoms with van der Waals surface area (Å²) in [7, 11) is 1.37. The number of carbonyl (C=O) groups excluding carboxylic acids is 1. The maximum absolute atomic E-state index is 10.8. The Labute approximate surface area is 118 Å². The maximum atomic E-state index is 10.8. The predicted octanol–water partition coefficient (Wildman–Crippen LogP) is 1.22. The second-order valence-electron chi connectivity index (χ2n) is 5.50. The third-order valence-electron chi connectivity index (χ3n) is 3.34. The molecule has 0 bridgehead atoms. The van der Waals surface area contributed by atoms with Crippen molar-refractivity contribution in [1.29, 1.82) is 0 Å². The summed E-state index contributed by atoms with van der Waals surface area (Å²) in [6.45, 7) is 6.67. The molecule has 0 aliphatic rings. The summed E-state index contributed by atoms with van der Waals surface area (Å²) >= 11 is 0. The molecule has 0 aliphatic carbocycles. The van der Waals surface area contributed by atoms with Crippen LogP contribution in [0.25, 0.3) is 0 Å². The lowest BCUT2D eigenvalue weighted by Crippen LogP contribution is -2.49. The Morgan fingerprint density at radius 3 is 2.40 bits per heavy atom. The largest absolute Gasteiger partial charge is 0.427 e. The summed E-state index contributed by atoms with van der Waals surface area (Å²) in [5, 5.41) is 20.7. The van der Waals surface area contributed by atoms with Crippen LogP contribution < -0.4 is 5.46 Å². The first-order chi connectivity index (χ1) is 9.08. The zero-order valence-electron chi connectivity index (χ0n) is 11.9. The Hall–Kier alpha value is -1.73. The van der Waals surface area contributed by atoms with Crippen LogP contribution in [0.3, 0.4) is 0 Å². The minimum atomic E-state index is -1.07. The van der Waals surface area contributed by atoms with E-state index in [1.807, 2.05) is 0 Å². The van der Waals surface area contributed by atoms with Crippen molar-refractivity contribution in [2.45, 2.75) is 38.9 Å². The smallest absolute Gasteiger partial charge is 0.330 e. The van der Waals surface area contributed by atoms with Gasteiger partial charge in [0.1, 0.15) is 0 Å². The van der Waals surface area contributed by atoms with Crippen LogP contribution >= 0.6 is 0 Å². The topological polar surface area (TPSA) is 89.7 Å². The van der Waals surface area contributed by atoms with Gasteiger partial charge in [0.05, 0.1) is 21.7 Å². The van der Waals surface area contributed by atoms with Gasteiger partial charge in [-0.2, -0.15) is 0 Å². The van der Waals surface area contributed by atoms with Crippen LogP contribution in [0.4, 0.5) is 5.69 Å². The SMILES string of the molecule is CC(C)(O)C(C)(C)O[B]c1ccc([N+](=O)[O-])c(C=O)c1. The zero-order chi connectivity index (χ0) is 15.6.